The molecule has 1 aliphatic heterocycles. The Hall–Kier alpha value is -0.830. The van der Waals surface area contributed by atoms with Gasteiger partial charge in [0.25, 0.3) is 0 Å². The first-order valence-corrected chi connectivity index (χ1v) is 10.4. The molecule has 1 atom stereocenters. The second-order valence-corrected chi connectivity index (χ2v) is 7.26. The van der Waals surface area contributed by atoms with Crippen molar-refractivity contribution in [3.05, 3.63) is 17.0 Å². The second-order valence-electron chi connectivity index (χ2n) is 7.26. The molecular formula is C20H38IN5O. The number of aryl methyl sites for hydroxylation is 2. The number of nitrogens with zero attached hydrogens (tertiary/aromatic N) is 3. The van der Waals surface area contributed by atoms with E-state index < -0.39 is 0 Å². The summed E-state index contributed by atoms with van der Waals surface area (Å²) in [5.74, 6) is 2.69. The number of likely N-dealkylation sites (tertiary alicyclic amines) is 1. The van der Waals surface area contributed by atoms with Gasteiger partial charge < -0.3 is 20.1 Å². The molecule has 0 aromatic carbocycles. The zero-order chi connectivity index (χ0) is 18.8. The molecule has 7 heteroatoms. The van der Waals surface area contributed by atoms with Crippen LogP contribution in [-0.4, -0.2) is 48.7 Å². The van der Waals surface area contributed by atoms with Crippen LogP contribution in [0.4, 0.5) is 0 Å². The van der Waals surface area contributed by atoms with Gasteiger partial charge in [-0.1, -0.05) is 25.9 Å². The summed E-state index contributed by atoms with van der Waals surface area (Å²) >= 11 is 0. The third kappa shape index (κ3) is 7.97. The Morgan fingerprint density at radius 3 is 2.74 bits per heavy atom. The van der Waals surface area contributed by atoms with Crippen molar-refractivity contribution in [1.82, 2.24) is 20.7 Å². The molecular weight excluding hydrogens is 453 g/mol. The molecule has 0 bridgehead atoms. The van der Waals surface area contributed by atoms with E-state index in [1.807, 2.05) is 0 Å². The van der Waals surface area contributed by atoms with Crippen LogP contribution in [0.2, 0.25) is 0 Å². The lowest BCUT2D eigenvalue weighted by Crippen LogP contribution is -2.40. The third-order valence-corrected chi connectivity index (χ3v) is 5.03. The van der Waals surface area contributed by atoms with Crippen molar-refractivity contribution in [1.29, 1.82) is 0 Å². The molecule has 27 heavy (non-hydrogen) atoms. The number of aliphatic imine (C=N–C) groups is 1. The second kappa shape index (κ2) is 13.4. The molecule has 0 aliphatic carbocycles. The Morgan fingerprint density at radius 2 is 2.07 bits per heavy atom. The van der Waals surface area contributed by atoms with Crippen LogP contribution in [0.25, 0.3) is 0 Å². The highest BCUT2D eigenvalue weighted by Gasteiger charge is 2.15. The molecule has 156 valence electrons. The van der Waals surface area contributed by atoms with Crippen molar-refractivity contribution in [2.24, 2.45) is 10.9 Å². The number of nitrogens with one attached hydrogen (secondary N) is 2. The molecule has 1 saturated heterocycles. The summed E-state index contributed by atoms with van der Waals surface area (Å²) in [5.41, 5.74) is 2.18. The fourth-order valence-electron chi connectivity index (χ4n) is 3.62. The van der Waals surface area contributed by atoms with Crippen LogP contribution in [0.15, 0.2) is 9.52 Å². The minimum absolute atomic E-state index is 0. The molecule has 2 rings (SSSR count). The van der Waals surface area contributed by atoms with Gasteiger partial charge in [-0.15, -0.1) is 24.0 Å². The van der Waals surface area contributed by atoms with E-state index in [1.165, 1.54) is 32.5 Å². The van der Waals surface area contributed by atoms with Gasteiger partial charge in [-0.3, -0.25) is 0 Å². The van der Waals surface area contributed by atoms with Gasteiger partial charge in [-0.05, 0) is 51.6 Å². The Kier molecular flexibility index (Phi) is 12.0. The van der Waals surface area contributed by atoms with Crippen LogP contribution in [0.5, 0.6) is 0 Å². The number of aromatic nitrogens is 1. The first-order valence-electron chi connectivity index (χ1n) is 10.4. The minimum Gasteiger partial charge on any atom is -0.361 e. The summed E-state index contributed by atoms with van der Waals surface area (Å²) in [4.78, 5) is 7.35. The minimum atomic E-state index is 0. The van der Waals surface area contributed by atoms with Crippen molar-refractivity contribution in [3.63, 3.8) is 0 Å². The Labute approximate surface area is 181 Å². The predicted molar refractivity (Wildman–Crippen MR) is 123 cm³/mol. The van der Waals surface area contributed by atoms with Gasteiger partial charge in [-0.25, -0.2) is 4.99 Å². The molecule has 0 radical (unpaired) electrons. The molecule has 2 heterocycles. The molecule has 0 spiro atoms. The van der Waals surface area contributed by atoms with Gasteiger partial charge in [0, 0.05) is 31.6 Å². The van der Waals surface area contributed by atoms with E-state index in [4.69, 9.17) is 9.52 Å². The van der Waals surface area contributed by atoms with Crippen molar-refractivity contribution < 1.29 is 4.52 Å². The quantitative estimate of drug-likeness (QED) is 0.239. The maximum Gasteiger partial charge on any atom is 0.191 e. The molecule has 1 fully saturated rings. The first kappa shape index (κ1) is 24.2. The van der Waals surface area contributed by atoms with E-state index in [-0.39, 0.29) is 24.0 Å². The molecule has 1 aliphatic rings. The van der Waals surface area contributed by atoms with E-state index >= 15 is 0 Å². The van der Waals surface area contributed by atoms with Crippen LogP contribution in [0, 0.1) is 5.92 Å². The number of hydrogen-bond donors (Lipinski definition) is 2. The van der Waals surface area contributed by atoms with Gasteiger partial charge in [0.1, 0.15) is 5.76 Å². The highest BCUT2D eigenvalue weighted by Crippen LogP contribution is 2.17. The smallest absolute Gasteiger partial charge is 0.191 e. The van der Waals surface area contributed by atoms with Gasteiger partial charge in [0.2, 0.25) is 0 Å². The van der Waals surface area contributed by atoms with Gasteiger partial charge in [0.05, 0.1) is 12.2 Å². The summed E-state index contributed by atoms with van der Waals surface area (Å²) in [5, 5.41) is 11.0. The molecule has 0 amide bonds. The summed E-state index contributed by atoms with van der Waals surface area (Å²) in [6.07, 6.45) is 5.61. The van der Waals surface area contributed by atoms with Crippen molar-refractivity contribution in [2.75, 3.05) is 32.7 Å². The molecule has 0 saturated carbocycles. The van der Waals surface area contributed by atoms with Gasteiger partial charge in [-0.2, -0.15) is 0 Å². The fraction of sp³-hybridized carbons (Fsp3) is 0.800. The van der Waals surface area contributed by atoms with E-state index in [1.54, 1.807) is 0 Å². The molecule has 1 aromatic rings. The van der Waals surface area contributed by atoms with Crippen molar-refractivity contribution in [2.45, 2.75) is 66.3 Å². The van der Waals surface area contributed by atoms with Crippen molar-refractivity contribution in [3.8, 4) is 0 Å². The molecule has 2 N–H and O–H groups in total. The number of hydrogen-bond acceptors (Lipinski definition) is 4. The number of guanidine groups is 1. The van der Waals surface area contributed by atoms with Crippen LogP contribution in [0.1, 0.15) is 64.0 Å². The maximum atomic E-state index is 5.44. The Morgan fingerprint density at radius 1 is 1.26 bits per heavy atom. The van der Waals surface area contributed by atoms with Crippen molar-refractivity contribution >= 4 is 29.9 Å². The number of rotatable bonds is 9. The molecule has 1 aromatic heterocycles. The lowest BCUT2D eigenvalue weighted by Gasteiger charge is -2.30. The highest BCUT2D eigenvalue weighted by molar-refractivity contribution is 14.0. The van der Waals surface area contributed by atoms with E-state index in [9.17, 15) is 0 Å². The molecule has 1 unspecified atom stereocenters. The lowest BCUT2D eigenvalue weighted by atomic mass is 10.0. The lowest BCUT2D eigenvalue weighted by molar-refractivity contribution is 0.182. The zero-order valence-electron chi connectivity index (χ0n) is 17.5. The average Bonchev–Trinajstić information content (AvgIpc) is 3.05. The molecule has 6 nitrogen and oxygen atoms in total. The van der Waals surface area contributed by atoms with Crippen LogP contribution < -0.4 is 10.6 Å². The first-order chi connectivity index (χ1) is 12.7. The SMILES string of the molecule is CCNC(=NCc1c(CC)noc1CC)NCCCN1CCCC(C)C1.I. The highest BCUT2D eigenvalue weighted by atomic mass is 127. The van der Waals surface area contributed by atoms with E-state index in [0.29, 0.717) is 6.54 Å². The average molecular weight is 491 g/mol. The normalized spacial score (nSPS) is 18.2. The van der Waals surface area contributed by atoms with Crippen LogP contribution >= 0.6 is 24.0 Å². The Bertz CT molecular complexity index is 539. The van der Waals surface area contributed by atoms with Gasteiger partial charge >= 0.3 is 0 Å². The number of halogens is 1. The third-order valence-electron chi connectivity index (χ3n) is 5.03. The topological polar surface area (TPSA) is 65.7 Å². The predicted octanol–water partition coefficient (Wildman–Crippen LogP) is 3.59. The fourth-order valence-corrected chi connectivity index (χ4v) is 3.62. The van der Waals surface area contributed by atoms with Gasteiger partial charge in [0.15, 0.2) is 5.96 Å². The van der Waals surface area contributed by atoms with E-state index in [2.05, 4.69) is 48.4 Å². The summed E-state index contributed by atoms with van der Waals surface area (Å²) in [7, 11) is 0. The zero-order valence-corrected chi connectivity index (χ0v) is 19.8. The summed E-state index contributed by atoms with van der Waals surface area (Å²) < 4.78 is 5.44. The van der Waals surface area contributed by atoms with Crippen LogP contribution in [0.3, 0.4) is 0 Å². The standard InChI is InChI=1S/C20H37N5O.HI/c1-5-18-17(19(6-2)26-24-18)14-23-20(21-7-3)22-11-9-13-25-12-8-10-16(4)15-25;/h16H,5-15H2,1-4H3,(H2,21,22,23);1H. The largest absolute Gasteiger partial charge is 0.361 e. The Balaban J connectivity index is 0.00000364. The monoisotopic (exact) mass is 491 g/mol. The van der Waals surface area contributed by atoms with Crippen LogP contribution in [-0.2, 0) is 19.4 Å². The van der Waals surface area contributed by atoms with E-state index in [0.717, 1.165) is 61.2 Å². The number of piperidine rings is 1. The maximum absolute atomic E-state index is 5.44. The summed E-state index contributed by atoms with van der Waals surface area (Å²) in [6, 6.07) is 0. The summed E-state index contributed by atoms with van der Waals surface area (Å²) in [6.45, 7) is 14.8.